The Balaban J connectivity index is 2.18. The Labute approximate surface area is 106 Å². The molecule has 0 aromatic heterocycles. The van der Waals surface area contributed by atoms with E-state index in [9.17, 15) is 10.1 Å². The van der Waals surface area contributed by atoms with Gasteiger partial charge in [-0.1, -0.05) is 6.92 Å². The summed E-state index contributed by atoms with van der Waals surface area (Å²) in [5.41, 5.74) is 0.989. The van der Waals surface area contributed by atoms with E-state index in [0.29, 0.717) is 23.2 Å². The van der Waals surface area contributed by atoms with Gasteiger partial charge in [-0.15, -0.1) is 0 Å². The van der Waals surface area contributed by atoms with Gasteiger partial charge in [0.25, 0.3) is 5.69 Å². The van der Waals surface area contributed by atoms with Gasteiger partial charge in [0.15, 0.2) is 0 Å². The number of nitro benzene ring substituents is 1. The third kappa shape index (κ3) is 2.59. The van der Waals surface area contributed by atoms with E-state index in [1.165, 1.54) is 18.6 Å². The molecular formula is C13H15N3O2. The summed E-state index contributed by atoms with van der Waals surface area (Å²) < 4.78 is 0. The lowest BCUT2D eigenvalue weighted by Crippen LogP contribution is -2.16. The maximum Gasteiger partial charge on any atom is 0.270 e. The molecule has 1 fully saturated rings. The van der Waals surface area contributed by atoms with Gasteiger partial charge in [0, 0.05) is 18.2 Å². The summed E-state index contributed by atoms with van der Waals surface area (Å²) in [5, 5.41) is 23.0. The Morgan fingerprint density at radius 1 is 1.50 bits per heavy atom. The zero-order chi connectivity index (χ0) is 13.1. The van der Waals surface area contributed by atoms with Gasteiger partial charge in [0.05, 0.1) is 16.2 Å². The number of hydrogen-bond donors (Lipinski definition) is 1. The molecule has 1 aromatic carbocycles. The van der Waals surface area contributed by atoms with Gasteiger partial charge >= 0.3 is 0 Å². The van der Waals surface area contributed by atoms with E-state index in [1.807, 2.05) is 6.07 Å². The quantitative estimate of drug-likeness (QED) is 0.655. The number of rotatable bonds is 3. The zero-order valence-corrected chi connectivity index (χ0v) is 10.2. The van der Waals surface area contributed by atoms with E-state index in [2.05, 4.69) is 12.2 Å². The standard InChI is InChI=1S/C13H15N3O2/c1-9-2-3-11(6-9)15-13-5-4-12(16(17)18)7-10(13)8-14/h4-5,7,9,11,15H,2-3,6H2,1H3. The zero-order valence-electron chi connectivity index (χ0n) is 10.2. The van der Waals surface area contributed by atoms with E-state index in [0.717, 1.165) is 12.8 Å². The predicted octanol–water partition coefficient (Wildman–Crippen LogP) is 3.07. The topological polar surface area (TPSA) is 79.0 Å². The Kier molecular flexibility index (Phi) is 3.47. The van der Waals surface area contributed by atoms with Crippen molar-refractivity contribution < 1.29 is 4.92 Å². The molecule has 0 heterocycles. The summed E-state index contributed by atoms with van der Waals surface area (Å²) in [6, 6.07) is 6.76. The van der Waals surface area contributed by atoms with E-state index < -0.39 is 4.92 Å². The van der Waals surface area contributed by atoms with E-state index in [-0.39, 0.29) is 5.69 Å². The Bertz CT molecular complexity index is 507. The number of hydrogen-bond acceptors (Lipinski definition) is 4. The maximum absolute atomic E-state index is 10.6. The van der Waals surface area contributed by atoms with Crippen molar-refractivity contribution in [1.82, 2.24) is 0 Å². The van der Waals surface area contributed by atoms with Gasteiger partial charge in [-0.25, -0.2) is 0 Å². The van der Waals surface area contributed by atoms with Crippen molar-refractivity contribution in [2.24, 2.45) is 5.92 Å². The summed E-state index contributed by atoms with van der Waals surface area (Å²) in [4.78, 5) is 10.2. The summed E-state index contributed by atoms with van der Waals surface area (Å²) in [6.45, 7) is 2.21. The first-order valence-electron chi connectivity index (χ1n) is 6.05. The summed E-state index contributed by atoms with van der Waals surface area (Å²) in [7, 11) is 0. The molecule has 0 saturated heterocycles. The lowest BCUT2D eigenvalue weighted by atomic mass is 10.1. The molecule has 0 bridgehead atoms. The van der Waals surface area contributed by atoms with Crippen molar-refractivity contribution in [2.75, 3.05) is 5.32 Å². The summed E-state index contributed by atoms with van der Waals surface area (Å²) in [6.07, 6.45) is 3.36. The van der Waals surface area contributed by atoms with Crippen LogP contribution in [0, 0.1) is 27.4 Å². The minimum absolute atomic E-state index is 0.0445. The second kappa shape index (κ2) is 5.05. The molecule has 1 aromatic rings. The largest absolute Gasteiger partial charge is 0.381 e. The van der Waals surface area contributed by atoms with Crippen LogP contribution >= 0.6 is 0 Å². The fraction of sp³-hybridized carbons (Fsp3) is 0.462. The van der Waals surface area contributed by atoms with Crippen molar-refractivity contribution in [2.45, 2.75) is 32.2 Å². The van der Waals surface area contributed by atoms with Crippen LogP contribution in [-0.4, -0.2) is 11.0 Å². The Hall–Kier alpha value is -2.09. The van der Waals surface area contributed by atoms with Crippen LogP contribution in [0.2, 0.25) is 0 Å². The molecule has 2 atom stereocenters. The second-order valence-electron chi connectivity index (χ2n) is 4.86. The third-order valence-corrected chi connectivity index (χ3v) is 3.39. The number of anilines is 1. The van der Waals surface area contributed by atoms with Crippen molar-refractivity contribution in [3.8, 4) is 6.07 Å². The second-order valence-corrected chi connectivity index (χ2v) is 4.86. The molecule has 0 amide bonds. The van der Waals surface area contributed by atoms with Gasteiger partial charge in [0.2, 0.25) is 0 Å². The summed E-state index contributed by atoms with van der Waals surface area (Å²) >= 11 is 0. The highest BCUT2D eigenvalue weighted by atomic mass is 16.6. The lowest BCUT2D eigenvalue weighted by molar-refractivity contribution is -0.384. The highest BCUT2D eigenvalue weighted by molar-refractivity contribution is 5.61. The average Bonchev–Trinajstić information content (AvgIpc) is 2.75. The van der Waals surface area contributed by atoms with Crippen LogP contribution in [0.3, 0.4) is 0 Å². The van der Waals surface area contributed by atoms with E-state index in [4.69, 9.17) is 5.26 Å². The molecule has 0 aliphatic heterocycles. The minimum atomic E-state index is -0.484. The van der Waals surface area contributed by atoms with Crippen molar-refractivity contribution in [3.63, 3.8) is 0 Å². The van der Waals surface area contributed by atoms with Crippen LogP contribution in [0.1, 0.15) is 31.7 Å². The smallest absolute Gasteiger partial charge is 0.270 e. The highest BCUT2D eigenvalue weighted by Gasteiger charge is 2.22. The van der Waals surface area contributed by atoms with Gasteiger partial charge in [-0.2, -0.15) is 5.26 Å². The first kappa shape index (κ1) is 12.4. The van der Waals surface area contributed by atoms with E-state index >= 15 is 0 Å². The Morgan fingerprint density at radius 3 is 2.83 bits per heavy atom. The molecule has 1 saturated carbocycles. The number of non-ortho nitro benzene ring substituents is 1. The minimum Gasteiger partial charge on any atom is -0.381 e. The molecule has 5 nitrogen and oxygen atoms in total. The van der Waals surface area contributed by atoms with Crippen LogP contribution < -0.4 is 5.32 Å². The molecule has 18 heavy (non-hydrogen) atoms. The normalized spacial score (nSPS) is 22.4. The molecule has 1 aliphatic rings. The predicted molar refractivity (Wildman–Crippen MR) is 68.2 cm³/mol. The molecular weight excluding hydrogens is 230 g/mol. The number of nitriles is 1. The third-order valence-electron chi connectivity index (χ3n) is 3.39. The van der Waals surface area contributed by atoms with Crippen LogP contribution in [0.5, 0.6) is 0 Å². The fourth-order valence-electron chi connectivity index (χ4n) is 2.42. The van der Waals surface area contributed by atoms with Crippen molar-refractivity contribution in [3.05, 3.63) is 33.9 Å². The average molecular weight is 245 g/mol. The summed E-state index contributed by atoms with van der Waals surface area (Å²) in [5.74, 6) is 0.700. The van der Waals surface area contributed by atoms with Gasteiger partial charge in [-0.3, -0.25) is 10.1 Å². The van der Waals surface area contributed by atoms with Gasteiger partial charge < -0.3 is 5.32 Å². The fourth-order valence-corrected chi connectivity index (χ4v) is 2.42. The van der Waals surface area contributed by atoms with Gasteiger partial charge in [-0.05, 0) is 31.2 Å². The first-order chi connectivity index (χ1) is 8.60. The molecule has 0 radical (unpaired) electrons. The van der Waals surface area contributed by atoms with Crippen LogP contribution in [0.4, 0.5) is 11.4 Å². The molecule has 2 rings (SSSR count). The number of nitrogens with zero attached hydrogens (tertiary/aromatic N) is 2. The maximum atomic E-state index is 10.6. The molecule has 2 unspecified atom stereocenters. The SMILES string of the molecule is CC1CCC(Nc2ccc([N+](=O)[O-])cc2C#N)C1. The molecule has 1 aliphatic carbocycles. The number of benzene rings is 1. The van der Waals surface area contributed by atoms with Crippen LogP contribution in [0.15, 0.2) is 18.2 Å². The lowest BCUT2D eigenvalue weighted by Gasteiger charge is -2.14. The molecule has 94 valence electrons. The van der Waals surface area contributed by atoms with Crippen LogP contribution in [0.25, 0.3) is 0 Å². The van der Waals surface area contributed by atoms with Gasteiger partial charge in [0.1, 0.15) is 6.07 Å². The molecule has 5 heteroatoms. The highest BCUT2D eigenvalue weighted by Crippen LogP contribution is 2.29. The monoisotopic (exact) mass is 245 g/mol. The molecule has 1 N–H and O–H groups in total. The number of nitrogens with one attached hydrogen (secondary N) is 1. The first-order valence-corrected chi connectivity index (χ1v) is 6.05. The van der Waals surface area contributed by atoms with Crippen molar-refractivity contribution in [1.29, 1.82) is 5.26 Å². The Morgan fingerprint density at radius 2 is 2.28 bits per heavy atom. The molecule has 0 spiro atoms. The van der Waals surface area contributed by atoms with Crippen LogP contribution in [-0.2, 0) is 0 Å². The number of nitro groups is 1. The van der Waals surface area contributed by atoms with Crippen molar-refractivity contribution >= 4 is 11.4 Å². The van der Waals surface area contributed by atoms with E-state index in [1.54, 1.807) is 6.07 Å².